The highest BCUT2D eigenvalue weighted by molar-refractivity contribution is 5.24. The number of hydrogen-bond donors (Lipinski definition) is 2. The van der Waals surface area contributed by atoms with E-state index in [9.17, 15) is 0 Å². The van der Waals surface area contributed by atoms with Crippen molar-refractivity contribution in [1.29, 1.82) is 0 Å². The highest BCUT2D eigenvalue weighted by atomic mass is 16.5. The summed E-state index contributed by atoms with van der Waals surface area (Å²) in [5, 5.41) is 4.56. The Balaban J connectivity index is 2.31. The number of nitrogens with zero attached hydrogens (tertiary/aromatic N) is 2. The lowest BCUT2D eigenvalue weighted by Crippen LogP contribution is -2.32. The number of hydrogen-bond acceptors (Lipinski definition) is 4. The number of hydrazine groups is 1. The van der Waals surface area contributed by atoms with E-state index >= 15 is 0 Å². The largest absolute Gasteiger partial charge is 0.501 e. The summed E-state index contributed by atoms with van der Waals surface area (Å²) in [6.45, 7) is 5.85. The predicted octanol–water partition coefficient (Wildman–Crippen LogP) is 1.66. The fourth-order valence-corrected chi connectivity index (χ4v) is 2.32. The van der Waals surface area contributed by atoms with Gasteiger partial charge in [0.05, 0.1) is 30.3 Å². The first kappa shape index (κ1) is 13.1. The van der Waals surface area contributed by atoms with Gasteiger partial charge in [0, 0.05) is 6.54 Å². The highest BCUT2D eigenvalue weighted by Crippen LogP contribution is 2.27. The molecule has 1 aromatic rings. The van der Waals surface area contributed by atoms with Crippen LogP contribution < -0.4 is 11.3 Å². The molecular weight excluding hydrogens is 228 g/mol. The summed E-state index contributed by atoms with van der Waals surface area (Å²) in [5.74, 6) is 5.72. The van der Waals surface area contributed by atoms with Crippen LogP contribution in [0.4, 0.5) is 0 Å². The molecule has 0 aliphatic carbocycles. The second-order valence-corrected chi connectivity index (χ2v) is 4.50. The van der Waals surface area contributed by atoms with Crippen molar-refractivity contribution in [3.8, 4) is 0 Å². The molecule has 1 aliphatic rings. The number of aryl methyl sites for hydroxylation is 2. The smallest absolute Gasteiger partial charge is 0.0876 e. The minimum absolute atomic E-state index is 0.00181. The molecule has 0 fully saturated rings. The van der Waals surface area contributed by atoms with Crippen LogP contribution in [-0.4, -0.2) is 16.4 Å². The van der Waals surface area contributed by atoms with Gasteiger partial charge in [-0.2, -0.15) is 5.10 Å². The van der Waals surface area contributed by atoms with E-state index in [1.54, 1.807) is 0 Å². The Morgan fingerprint density at radius 3 is 2.94 bits per heavy atom. The van der Waals surface area contributed by atoms with Gasteiger partial charge in [-0.15, -0.1) is 0 Å². The van der Waals surface area contributed by atoms with E-state index in [4.69, 9.17) is 10.6 Å². The van der Waals surface area contributed by atoms with Gasteiger partial charge in [0.15, 0.2) is 0 Å². The average molecular weight is 250 g/mol. The summed E-state index contributed by atoms with van der Waals surface area (Å²) in [6.07, 6.45) is 4.84. The van der Waals surface area contributed by atoms with E-state index in [1.165, 1.54) is 5.57 Å². The maximum Gasteiger partial charge on any atom is 0.0876 e. The first-order valence-electron chi connectivity index (χ1n) is 6.63. The Morgan fingerprint density at radius 1 is 1.56 bits per heavy atom. The summed E-state index contributed by atoms with van der Waals surface area (Å²) in [4.78, 5) is 0. The Kier molecular flexibility index (Phi) is 4.38. The Morgan fingerprint density at radius 2 is 2.39 bits per heavy atom. The van der Waals surface area contributed by atoms with Gasteiger partial charge in [-0.3, -0.25) is 10.5 Å². The van der Waals surface area contributed by atoms with Crippen molar-refractivity contribution in [1.82, 2.24) is 15.2 Å². The van der Waals surface area contributed by atoms with Gasteiger partial charge in [0.25, 0.3) is 0 Å². The summed E-state index contributed by atoms with van der Waals surface area (Å²) in [7, 11) is 0. The fraction of sp³-hybridized carbons (Fsp3) is 0.615. The maximum absolute atomic E-state index is 5.72. The standard InChI is InChI=1S/C13H22N4O/c1-3-11-8-12(17(4-2)16-11)13(15-14)10-6-5-7-18-9-10/h8-9,13,15H,3-7,14H2,1-2H3. The van der Waals surface area contributed by atoms with Crippen molar-refractivity contribution in [3.63, 3.8) is 0 Å². The molecule has 0 amide bonds. The van der Waals surface area contributed by atoms with Crippen LogP contribution in [0, 0.1) is 0 Å². The van der Waals surface area contributed by atoms with E-state index in [2.05, 4.69) is 30.4 Å². The van der Waals surface area contributed by atoms with Crippen molar-refractivity contribution in [2.24, 2.45) is 5.84 Å². The molecule has 5 nitrogen and oxygen atoms in total. The summed E-state index contributed by atoms with van der Waals surface area (Å²) < 4.78 is 7.42. The molecule has 1 aromatic heterocycles. The van der Waals surface area contributed by atoms with Crippen LogP contribution in [0.5, 0.6) is 0 Å². The van der Waals surface area contributed by atoms with Gasteiger partial charge < -0.3 is 4.74 Å². The van der Waals surface area contributed by atoms with Crippen LogP contribution in [0.15, 0.2) is 17.9 Å². The number of rotatable bonds is 5. The predicted molar refractivity (Wildman–Crippen MR) is 70.6 cm³/mol. The van der Waals surface area contributed by atoms with E-state index in [0.717, 1.165) is 43.8 Å². The van der Waals surface area contributed by atoms with Crippen molar-refractivity contribution < 1.29 is 4.74 Å². The van der Waals surface area contributed by atoms with Crippen molar-refractivity contribution in [3.05, 3.63) is 29.3 Å². The van der Waals surface area contributed by atoms with Crippen LogP contribution in [0.2, 0.25) is 0 Å². The lowest BCUT2D eigenvalue weighted by atomic mass is 9.99. The number of nitrogens with two attached hydrogens (primary N) is 1. The molecule has 0 saturated heterocycles. The maximum atomic E-state index is 5.72. The average Bonchev–Trinajstić information content (AvgIpc) is 2.84. The fourth-order valence-electron chi connectivity index (χ4n) is 2.32. The zero-order chi connectivity index (χ0) is 13.0. The van der Waals surface area contributed by atoms with Gasteiger partial charge >= 0.3 is 0 Å². The highest BCUT2D eigenvalue weighted by Gasteiger charge is 2.22. The zero-order valence-corrected chi connectivity index (χ0v) is 11.1. The molecule has 100 valence electrons. The van der Waals surface area contributed by atoms with Crippen LogP contribution in [-0.2, 0) is 17.7 Å². The van der Waals surface area contributed by atoms with Crippen molar-refractivity contribution >= 4 is 0 Å². The molecule has 18 heavy (non-hydrogen) atoms. The lowest BCUT2D eigenvalue weighted by molar-refractivity contribution is 0.219. The molecule has 1 aliphatic heterocycles. The minimum atomic E-state index is -0.00181. The molecule has 0 bridgehead atoms. The van der Waals surface area contributed by atoms with E-state index in [1.807, 2.05) is 10.9 Å². The van der Waals surface area contributed by atoms with Gasteiger partial charge in [0.1, 0.15) is 0 Å². The normalized spacial score (nSPS) is 17.2. The molecular formula is C13H22N4O. The summed E-state index contributed by atoms with van der Waals surface area (Å²) >= 11 is 0. The van der Waals surface area contributed by atoms with Gasteiger partial charge in [-0.1, -0.05) is 6.92 Å². The first-order valence-corrected chi connectivity index (χ1v) is 6.63. The second kappa shape index (κ2) is 6.02. The van der Waals surface area contributed by atoms with E-state index < -0.39 is 0 Å². The molecule has 0 aromatic carbocycles. The molecule has 3 N–H and O–H groups in total. The monoisotopic (exact) mass is 250 g/mol. The van der Waals surface area contributed by atoms with Gasteiger partial charge in [-0.25, -0.2) is 5.43 Å². The molecule has 1 unspecified atom stereocenters. The quantitative estimate of drug-likeness (QED) is 0.616. The minimum Gasteiger partial charge on any atom is -0.501 e. The Bertz CT molecular complexity index is 425. The lowest BCUT2D eigenvalue weighted by Gasteiger charge is -2.23. The van der Waals surface area contributed by atoms with Crippen molar-refractivity contribution in [2.45, 2.75) is 45.7 Å². The third-order valence-electron chi connectivity index (χ3n) is 3.32. The topological polar surface area (TPSA) is 65.1 Å². The molecule has 2 rings (SSSR count). The van der Waals surface area contributed by atoms with Crippen molar-refractivity contribution in [2.75, 3.05) is 6.61 Å². The van der Waals surface area contributed by atoms with Crippen LogP contribution in [0.1, 0.15) is 44.1 Å². The van der Waals surface area contributed by atoms with Gasteiger partial charge in [0.2, 0.25) is 0 Å². The molecule has 2 heterocycles. The summed E-state index contributed by atoms with van der Waals surface area (Å²) in [6, 6.07) is 2.13. The molecule has 5 heteroatoms. The van der Waals surface area contributed by atoms with E-state index in [-0.39, 0.29) is 6.04 Å². The second-order valence-electron chi connectivity index (χ2n) is 4.50. The van der Waals surface area contributed by atoms with Crippen LogP contribution in [0.25, 0.3) is 0 Å². The molecule has 0 saturated carbocycles. The summed E-state index contributed by atoms with van der Waals surface area (Å²) in [5.41, 5.74) is 6.31. The molecule has 0 spiro atoms. The Hall–Kier alpha value is -1.33. The van der Waals surface area contributed by atoms with E-state index in [0.29, 0.717) is 0 Å². The Labute approximate surface area is 108 Å². The molecule has 1 atom stereocenters. The number of aromatic nitrogens is 2. The number of ether oxygens (including phenoxy) is 1. The molecule has 0 radical (unpaired) electrons. The van der Waals surface area contributed by atoms with Crippen LogP contribution >= 0.6 is 0 Å². The third-order valence-corrected chi connectivity index (χ3v) is 3.32. The zero-order valence-electron chi connectivity index (χ0n) is 11.1. The van der Waals surface area contributed by atoms with Crippen LogP contribution in [0.3, 0.4) is 0 Å². The van der Waals surface area contributed by atoms with Gasteiger partial charge in [-0.05, 0) is 37.8 Å². The first-order chi connectivity index (χ1) is 8.80. The SMILES string of the molecule is CCc1cc(C(NN)C2=COCCC2)n(CC)n1. The third kappa shape index (κ3) is 2.57. The number of nitrogens with one attached hydrogen (secondary N) is 1.